The number of carbonyl (C=O) groups is 2. The Bertz CT molecular complexity index is 557. The van der Waals surface area contributed by atoms with Gasteiger partial charge in [-0.05, 0) is 0 Å². The van der Waals surface area contributed by atoms with Crippen LogP contribution in [0.15, 0.2) is 0 Å². The van der Waals surface area contributed by atoms with Crippen molar-refractivity contribution in [2.24, 2.45) is 0 Å². The van der Waals surface area contributed by atoms with Crippen LogP contribution in [0.2, 0.25) is 0 Å². The van der Waals surface area contributed by atoms with E-state index in [9.17, 15) is 45.3 Å². The molecule has 11 atom stereocenters. The fraction of sp³-hybridized carbons (Fsp3) is 0.867. The van der Waals surface area contributed by atoms with Gasteiger partial charge < -0.3 is 64.6 Å². The van der Waals surface area contributed by atoms with Crippen molar-refractivity contribution in [3.05, 3.63) is 0 Å². The number of aliphatic hydroxyl groups excluding tert-OH is 7. The fourth-order valence-electron chi connectivity index (χ4n) is 2.89. The number of aliphatic hydroxyl groups is 7. The lowest BCUT2D eigenvalue weighted by atomic mass is 9.97. The molecule has 0 unspecified atom stereocenters. The second kappa shape index (κ2) is 10.1. The van der Waals surface area contributed by atoms with E-state index in [-0.39, 0.29) is 6.29 Å². The maximum Gasteiger partial charge on any atom is 0.335 e. The number of carboxylic acid groups (broad SMARTS) is 1. The van der Waals surface area contributed by atoms with Gasteiger partial charge in [-0.1, -0.05) is 0 Å². The lowest BCUT2D eigenvalue weighted by Gasteiger charge is -2.45. The highest BCUT2D eigenvalue weighted by Gasteiger charge is 2.52. The van der Waals surface area contributed by atoms with Crippen LogP contribution in [0.1, 0.15) is 0 Å². The fourth-order valence-corrected chi connectivity index (χ4v) is 2.89. The third-order valence-corrected chi connectivity index (χ3v) is 4.52. The molecule has 2 rings (SSSR count). The van der Waals surface area contributed by atoms with Gasteiger partial charge in [0.15, 0.2) is 25.0 Å². The molecular formula is C15H24O14. The van der Waals surface area contributed by atoms with Crippen LogP contribution in [-0.4, -0.2) is 134 Å². The normalized spacial score (nSPS) is 44.2. The molecule has 29 heavy (non-hydrogen) atoms. The average molecular weight is 428 g/mol. The van der Waals surface area contributed by atoms with E-state index in [2.05, 4.69) is 0 Å². The molecule has 2 saturated heterocycles. The molecule has 0 radical (unpaired) electrons. The molecule has 14 nitrogen and oxygen atoms in total. The first kappa shape index (κ1) is 24.0. The summed E-state index contributed by atoms with van der Waals surface area (Å²) in [5, 5.41) is 77.6. The van der Waals surface area contributed by atoms with Crippen molar-refractivity contribution in [3.63, 3.8) is 0 Å². The van der Waals surface area contributed by atoms with E-state index in [4.69, 9.17) is 24.1 Å². The summed E-state index contributed by atoms with van der Waals surface area (Å²) in [5.41, 5.74) is 0. The highest BCUT2D eigenvalue weighted by atomic mass is 16.7. The highest BCUT2D eigenvalue weighted by Crippen LogP contribution is 2.29. The van der Waals surface area contributed by atoms with Crippen LogP contribution in [0.4, 0.5) is 0 Å². The summed E-state index contributed by atoms with van der Waals surface area (Å²) in [4.78, 5) is 21.9. The smallest absolute Gasteiger partial charge is 0.335 e. The molecule has 0 amide bonds. The van der Waals surface area contributed by atoms with Crippen LogP contribution in [0.3, 0.4) is 0 Å². The van der Waals surface area contributed by atoms with Crippen LogP contribution >= 0.6 is 0 Å². The monoisotopic (exact) mass is 428 g/mol. The van der Waals surface area contributed by atoms with E-state index in [1.807, 2.05) is 0 Å². The molecule has 2 fully saturated rings. The first-order valence-corrected chi connectivity index (χ1v) is 8.57. The molecule has 0 aliphatic carbocycles. The van der Waals surface area contributed by atoms with E-state index in [1.165, 1.54) is 0 Å². The maximum absolute atomic E-state index is 11.5. The third-order valence-electron chi connectivity index (χ3n) is 4.52. The summed E-state index contributed by atoms with van der Waals surface area (Å²) in [7, 11) is 0. The Morgan fingerprint density at radius 1 is 0.966 bits per heavy atom. The van der Waals surface area contributed by atoms with Gasteiger partial charge in [0.2, 0.25) is 0 Å². The summed E-state index contributed by atoms with van der Waals surface area (Å²) in [6.45, 7) is -1.42. The Kier molecular flexibility index (Phi) is 8.38. The molecule has 2 aliphatic rings. The van der Waals surface area contributed by atoms with E-state index in [1.54, 1.807) is 0 Å². The summed E-state index contributed by atoms with van der Waals surface area (Å²) < 4.78 is 20.2. The predicted octanol–water partition coefficient (Wildman–Crippen LogP) is -5.72. The molecule has 2 aliphatic heterocycles. The second-order valence-electron chi connectivity index (χ2n) is 6.58. The number of carboxylic acids is 1. The first-order chi connectivity index (χ1) is 13.6. The zero-order chi connectivity index (χ0) is 21.9. The zero-order valence-corrected chi connectivity index (χ0v) is 14.9. The number of hydrogen-bond acceptors (Lipinski definition) is 13. The highest BCUT2D eigenvalue weighted by molar-refractivity contribution is 5.73. The molecule has 0 spiro atoms. The van der Waals surface area contributed by atoms with Gasteiger partial charge >= 0.3 is 5.97 Å². The molecular weight excluding hydrogens is 404 g/mol. The van der Waals surface area contributed by atoms with Crippen molar-refractivity contribution in [1.82, 2.24) is 0 Å². The van der Waals surface area contributed by atoms with Gasteiger partial charge in [-0.25, -0.2) is 4.79 Å². The molecule has 0 bridgehead atoms. The standard InChI is InChI=1S/C15H24O14/c16-1-4(18)3-26-14-10(23)8(21)11(12(29-14)13(24)25)28-15-9(22)7(20)6(19)5(2-17)27-15/h1,4-12,14-15,17-23H,2-3H2,(H,24,25)/t4-,5-,6-,7+,8-,9-,10-,11+,12+,14+,15-/m1/s1. The van der Waals surface area contributed by atoms with E-state index in [0.29, 0.717) is 0 Å². The minimum absolute atomic E-state index is 0.130. The maximum atomic E-state index is 11.5. The topological polar surface area (TPSA) is 233 Å². The quantitative estimate of drug-likeness (QED) is 0.168. The van der Waals surface area contributed by atoms with Crippen molar-refractivity contribution in [3.8, 4) is 0 Å². The van der Waals surface area contributed by atoms with Crippen molar-refractivity contribution < 1.29 is 69.4 Å². The minimum atomic E-state index is -1.96. The first-order valence-electron chi connectivity index (χ1n) is 8.57. The van der Waals surface area contributed by atoms with Gasteiger partial charge in [0, 0.05) is 0 Å². The summed E-state index contributed by atoms with van der Waals surface area (Å²) in [6.07, 6.45) is -19.4. The predicted molar refractivity (Wildman–Crippen MR) is 85.0 cm³/mol. The summed E-state index contributed by atoms with van der Waals surface area (Å²) >= 11 is 0. The molecule has 168 valence electrons. The molecule has 8 N–H and O–H groups in total. The van der Waals surface area contributed by atoms with Crippen molar-refractivity contribution in [2.45, 2.75) is 67.5 Å². The molecule has 0 aromatic rings. The van der Waals surface area contributed by atoms with E-state index in [0.717, 1.165) is 0 Å². The Morgan fingerprint density at radius 3 is 2.14 bits per heavy atom. The Labute approximate surface area is 163 Å². The largest absolute Gasteiger partial charge is 0.479 e. The van der Waals surface area contributed by atoms with Gasteiger partial charge in [-0.15, -0.1) is 0 Å². The van der Waals surface area contributed by atoms with Crippen LogP contribution in [-0.2, 0) is 28.5 Å². The van der Waals surface area contributed by atoms with E-state index < -0.39 is 86.7 Å². The Balaban J connectivity index is 2.14. The van der Waals surface area contributed by atoms with Gasteiger partial charge in [0.25, 0.3) is 0 Å². The third kappa shape index (κ3) is 5.25. The number of aldehydes is 1. The SMILES string of the molecule is O=C[C@@H](O)CO[C@H]1O[C@H](C(=O)O)[C@@H](O[C@H]2O[C@H](CO)[C@@H](O)[C@H](O)[C@H]2O)[C@H](O)[C@H]1O. The number of carbonyl (C=O) groups excluding carboxylic acids is 1. The number of rotatable bonds is 8. The van der Waals surface area contributed by atoms with Crippen LogP contribution in [0.5, 0.6) is 0 Å². The number of aliphatic carboxylic acids is 1. The van der Waals surface area contributed by atoms with Crippen LogP contribution < -0.4 is 0 Å². The van der Waals surface area contributed by atoms with E-state index >= 15 is 0 Å². The molecule has 0 aromatic heterocycles. The Hall–Kier alpha value is -1.30. The lowest BCUT2D eigenvalue weighted by molar-refractivity contribution is -0.354. The Morgan fingerprint density at radius 2 is 1.59 bits per heavy atom. The van der Waals surface area contributed by atoms with Gasteiger partial charge in [-0.2, -0.15) is 0 Å². The van der Waals surface area contributed by atoms with Crippen molar-refractivity contribution >= 4 is 12.3 Å². The van der Waals surface area contributed by atoms with Crippen molar-refractivity contribution in [2.75, 3.05) is 13.2 Å². The summed E-state index contributed by atoms with van der Waals surface area (Å²) in [5.74, 6) is -1.66. The van der Waals surface area contributed by atoms with Crippen LogP contribution in [0, 0.1) is 0 Å². The zero-order valence-electron chi connectivity index (χ0n) is 14.9. The average Bonchev–Trinajstić information content (AvgIpc) is 2.70. The summed E-state index contributed by atoms with van der Waals surface area (Å²) in [6, 6.07) is 0. The van der Waals surface area contributed by atoms with Crippen LogP contribution in [0.25, 0.3) is 0 Å². The lowest BCUT2D eigenvalue weighted by Crippen LogP contribution is -2.65. The molecule has 0 saturated carbocycles. The minimum Gasteiger partial charge on any atom is -0.479 e. The number of hydrogen-bond donors (Lipinski definition) is 8. The second-order valence-corrected chi connectivity index (χ2v) is 6.58. The molecule has 0 aromatic carbocycles. The molecule has 14 heteroatoms. The van der Waals surface area contributed by atoms with Crippen molar-refractivity contribution in [1.29, 1.82) is 0 Å². The number of ether oxygens (including phenoxy) is 4. The van der Waals surface area contributed by atoms with Gasteiger partial charge in [0.05, 0.1) is 13.2 Å². The molecule has 2 heterocycles. The van der Waals surface area contributed by atoms with Gasteiger partial charge in [0.1, 0.15) is 48.8 Å². The van der Waals surface area contributed by atoms with Gasteiger partial charge in [-0.3, -0.25) is 0 Å².